The summed E-state index contributed by atoms with van der Waals surface area (Å²) in [7, 11) is 0. The zero-order valence-electron chi connectivity index (χ0n) is 8.70. The number of carbonyl (C=O) groups is 3. The summed E-state index contributed by atoms with van der Waals surface area (Å²) < 4.78 is 0.613. The van der Waals surface area contributed by atoms with Crippen LogP contribution in [-0.4, -0.2) is 33.4 Å². The van der Waals surface area contributed by atoms with Crippen LogP contribution in [0, 0.1) is 3.70 Å². The molecule has 1 aromatic heterocycles. The van der Waals surface area contributed by atoms with E-state index in [0.717, 1.165) is 0 Å². The molecule has 0 fully saturated rings. The van der Waals surface area contributed by atoms with Gasteiger partial charge in [0.1, 0.15) is 0 Å². The maximum atomic E-state index is 10.8. The van der Waals surface area contributed by atoms with Gasteiger partial charge in [0.05, 0.1) is 15.8 Å². The van der Waals surface area contributed by atoms with Crippen LogP contribution in [0.2, 0.25) is 0 Å². The Labute approximate surface area is 110 Å². The molecule has 1 aromatic rings. The first kappa shape index (κ1) is 13.7. The van der Waals surface area contributed by atoms with Crippen LogP contribution in [0.15, 0.2) is 0 Å². The molecule has 3 N–H and O–H groups in total. The first-order chi connectivity index (χ1) is 7.95. The number of aliphatic carboxylic acids is 2. The molecule has 1 heterocycles. The third kappa shape index (κ3) is 3.55. The molecule has 92 valence electrons. The Morgan fingerprint density at radius 1 is 1.24 bits per heavy atom. The van der Waals surface area contributed by atoms with E-state index in [9.17, 15) is 14.4 Å². The molecule has 0 spiro atoms. The number of carboxylic acid groups (broad SMARTS) is 2. The van der Waals surface area contributed by atoms with Gasteiger partial charge in [-0.25, -0.2) is 0 Å². The van der Waals surface area contributed by atoms with Crippen molar-refractivity contribution in [1.82, 2.24) is 4.98 Å². The molecule has 0 saturated heterocycles. The number of halogens is 1. The van der Waals surface area contributed by atoms with Crippen molar-refractivity contribution in [1.29, 1.82) is 0 Å². The van der Waals surface area contributed by atoms with Gasteiger partial charge in [-0.05, 0) is 40.1 Å². The van der Waals surface area contributed by atoms with Crippen LogP contribution in [0.25, 0.3) is 0 Å². The molecule has 0 radical (unpaired) electrons. The van der Waals surface area contributed by atoms with Crippen LogP contribution >= 0.6 is 22.6 Å². The summed E-state index contributed by atoms with van der Waals surface area (Å²) in [4.78, 5) is 34.7. The maximum absolute atomic E-state index is 10.8. The minimum Gasteiger partial charge on any atom is -0.481 e. The average Bonchev–Trinajstić information content (AvgIpc) is 2.51. The number of hydrogen-bond donors (Lipinski definition) is 3. The monoisotopic (exact) mass is 351 g/mol. The van der Waals surface area contributed by atoms with Gasteiger partial charge in [-0.3, -0.25) is 14.4 Å². The topological polar surface area (TPSA) is 107 Å². The fraction of sp³-hybridized carbons (Fsp3) is 0.300. The van der Waals surface area contributed by atoms with Crippen molar-refractivity contribution in [3.05, 3.63) is 20.5 Å². The van der Waals surface area contributed by atoms with Crippen LogP contribution in [0.3, 0.4) is 0 Å². The quantitative estimate of drug-likeness (QED) is 0.525. The predicted molar refractivity (Wildman–Crippen MR) is 66.2 cm³/mol. The molecular weight excluding hydrogens is 341 g/mol. The number of carbonyl (C=O) groups excluding carboxylic acids is 1. The van der Waals surface area contributed by atoms with Crippen molar-refractivity contribution in [3.63, 3.8) is 0 Å². The van der Waals surface area contributed by atoms with Crippen molar-refractivity contribution in [2.24, 2.45) is 0 Å². The Balaban J connectivity index is 3.07. The molecule has 0 aliphatic carbocycles. The van der Waals surface area contributed by atoms with Gasteiger partial charge in [-0.2, -0.15) is 0 Å². The summed E-state index contributed by atoms with van der Waals surface area (Å²) >= 11 is 1.92. The molecule has 0 atom stereocenters. The number of aldehydes is 1. The summed E-state index contributed by atoms with van der Waals surface area (Å²) in [6, 6.07) is 0. The van der Waals surface area contributed by atoms with Crippen LogP contribution in [0.4, 0.5) is 0 Å². The molecule has 0 aliphatic heterocycles. The summed E-state index contributed by atoms with van der Waals surface area (Å²) in [5, 5.41) is 17.4. The maximum Gasteiger partial charge on any atom is 0.307 e. The zero-order chi connectivity index (χ0) is 13.0. The number of nitrogens with one attached hydrogen (secondary N) is 1. The Bertz CT molecular complexity index is 466. The smallest absolute Gasteiger partial charge is 0.307 e. The summed E-state index contributed by atoms with van der Waals surface area (Å²) in [6.45, 7) is 0. The molecule has 0 bridgehead atoms. The fourth-order valence-corrected chi connectivity index (χ4v) is 2.40. The van der Waals surface area contributed by atoms with Gasteiger partial charge < -0.3 is 15.2 Å². The number of rotatable bonds is 6. The van der Waals surface area contributed by atoms with Gasteiger partial charge >= 0.3 is 11.9 Å². The van der Waals surface area contributed by atoms with Crippen molar-refractivity contribution < 1.29 is 24.6 Å². The predicted octanol–water partition coefficient (Wildman–Crippen LogP) is 1.08. The molecule has 0 unspecified atom stereocenters. The molecule has 0 aliphatic rings. The Hall–Kier alpha value is -1.38. The van der Waals surface area contributed by atoms with Crippen molar-refractivity contribution >= 4 is 40.8 Å². The molecule has 17 heavy (non-hydrogen) atoms. The van der Waals surface area contributed by atoms with Gasteiger partial charge in [0, 0.05) is 6.42 Å². The van der Waals surface area contributed by atoms with Crippen LogP contribution < -0.4 is 0 Å². The van der Waals surface area contributed by atoms with Gasteiger partial charge in [0.2, 0.25) is 0 Å². The SMILES string of the molecule is O=Cc1[nH]c(I)c(CCC(=O)O)c1CC(=O)O. The molecular formula is C10H10INO5. The van der Waals surface area contributed by atoms with Crippen molar-refractivity contribution in [2.75, 3.05) is 0 Å². The Morgan fingerprint density at radius 3 is 2.35 bits per heavy atom. The molecule has 0 aromatic carbocycles. The van der Waals surface area contributed by atoms with Crippen LogP contribution in [-0.2, 0) is 22.4 Å². The molecule has 0 saturated carbocycles. The van der Waals surface area contributed by atoms with Gasteiger partial charge in [0.15, 0.2) is 6.29 Å². The average molecular weight is 351 g/mol. The first-order valence-corrected chi connectivity index (χ1v) is 5.81. The van der Waals surface area contributed by atoms with Crippen LogP contribution in [0.1, 0.15) is 28.0 Å². The van der Waals surface area contributed by atoms with E-state index < -0.39 is 11.9 Å². The Kier molecular flexibility index (Phi) is 4.67. The zero-order valence-corrected chi connectivity index (χ0v) is 10.9. The van der Waals surface area contributed by atoms with E-state index in [-0.39, 0.29) is 25.0 Å². The van der Waals surface area contributed by atoms with E-state index in [2.05, 4.69) is 4.98 Å². The van der Waals surface area contributed by atoms with Crippen LogP contribution in [0.5, 0.6) is 0 Å². The van der Waals surface area contributed by atoms with Crippen molar-refractivity contribution in [2.45, 2.75) is 19.3 Å². The number of aromatic nitrogens is 1. The summed E-state index contributed by atoms with van der Waals surface area (Å²) in [5.74, 6) is -2.02. The van der Waals surface area contributed by atoms with E-state index in [1.165, 1.54) is 0 Å². The summed E-state index contributed by atoms with van der Waals surface area (Å²) in [6.07, 6.45) is 0.368. The highest BCUT2D eigenvalue weighted by Gasteiger charge is 2.18. The lowest BCUT2D eigenvalue weighted by molar-refractivity contribution is -0.137. The second kappa shape index (κ2) is 5.80. The lowest BCUT2D eigenvalue weighted by atomic mass is 10.0. The van der Waals surface area contributed by atoms with E-state index in [4.69, 9.17) is 10.2 Å². The second-order valence-corrected chi connectivity index (χ2v) is 4.47. The molecule has 0 amide bonds. The molecule has 6 nitrogen and oxygen atoms in total. The lowest BCUT2D eigenvalue weighted by Crippen LogP contribution is -2.06. The van der Waals surface area contributed by atoms with E-state index in [0.29, 0.717) is 21.1 Å². The summed E-state index contributed by atoms with van der Waals surface area (Å²) in [5.41, 5.74) is 1.17. The third-order valence-electron chi connectivity index (χ3n) is 2.23. The molecule has 7 heteroatoms. The number of aromatic amines is 1. The lowest BCUT2D eigenvalue weighted by Gasteiger charge is -2.01. The highest BCUT2D eigenvalue weighted by Crippen LogP contribution is 2.22. The second-order valence-electron chi connectivity index (χ2n) is 3.39. The standard InChI is InChI=1S/C10H10INO5/c11-10-5(1-2-8(14)15)6(3-9(16)17)7(4-13)12-10/h4,12H,1-3H2,(H,14,15)(H,16,17). The van der Waals surface area contributed by atoms with Gasteiger partial charge in [-0.1, -0.05) is 0 Å². The van der Waals surface area contributed by atoms with Gasteiger partial charge in [0.25, 0.3) is 0 Å². The largest absolute Gasteiger partial charge is 0.481 e. The minimum atomic E-state index is -1.06. The van der Waals surface area contributed by atoms with Gasteiger partial charge in [-0.15, -0.1) is 0 Å². The number of hydrogen-bond acceptors (Lipinski definition) is 3. The molecule has 1 rings (SSSR count). The van der Waals surface area contributed by atoms with Crippen molar-refractivity contribution in [3.8, 4) is 0 Å². The Morgan fingerprint density at radius 2 is 1.88 bits per heavy atom. The van der Waals surface area contributed by atoms with E-state index in [1.54, 1.807) is 0 Å². The minimum absolute atomic E-state index is 0.0984. The normalized spacial score (nSPS) is 10.2. The number of carboxylic acids is 2. The highest BCUT2D eigenvalue weighted by atomic mass is 127. The highest BCUT2D eigenvalue weighted by molar-refractivity contribution is 14.1. The fourth-order valence-electron chi connectivity index (χ4n) is 1.51. The first-order valence-electron chi connectivity index (χ1n) is 4.73. The number of H-pyrrole nitrogens is 1. The van der Waals surface area contributed by atoms with E-state index in [1.807, 2.05) is 22.6 Å². The third-order valence-corrected chi connectivity index (χ3v) is 3.15. The van der Waals surface area contributed by atoms with E-state index >= 15 is 0 Å².